The van der Waals surface area contributed by atoms with Gasteiger partial charge < -0.3 is 15.6 Å². The fourth-order valence-corrected chi connectivity index (χ4v) is 3.02. The van der Waals surface area contributed by atoms with Crippen LogP contribution in [0.1, 0.15) is 18.9 Å². The zero-order valence-corrected chi connectivity index (χ0v) is 15.9. The minimum atomic E-state index is -1.05. The fourth-order valence-electron chi connectivity index (χ4n) is 3.02. The number of nitrogens with zero attached hydrogens (tertiary/aromatic N) is 3. The number of rotatable bonds is 5. The van der Waals surface area contributed by atoms with E-state index in [0.29, 0.717) is 17.7 Å². The van der Waals surface area contributed by atoms with Crippen LogP contribution in [0.15, 0.2) is 57.1 Å². The third-order valence-corrected chi connectivity index (χ3v) is 4.54. The van der Waals surface area contributed by atoms with Crippen LogP contribution in [-0.2, 0) is 6.54 Å². The first-order valence-corrected chi connectivity index (χ1v) is 8.85. The van der Waals surface area contributed by atoms with Crippen molar-refractivity contribution in [3.05, 3.63) is 80.7 Å². The number of halogens is 3. The van der Waals surface area contributed by atoms with E-state index in [4.69, 9.17) is 5.73 Å². The molecule has 0 radical (unpaired) electrons. The molecule has 1 heterocycles. The van der Waals surface area contributed by atoms with Gasteiger partial charge in [0.15, 0.2) is 11.6 Å². The molecule has 0 fully saturated rings. The topological polar surface area (TPSA) is 85.3 Å². The molecule has 1 aromatic heterocycles. The molecule has 0 aliphatic heterocycles. The molecule has 0 spiro atoms. The Labute approximate surface area is 165 Å². The molecule has 1 atom stereocenters. The molecule has 1 aromatic carbocycles. The van der Waals surface area contributed by atoms with Gasteiger partial charge in [-0.25, -0.2) is 8.78 Å². The lowest BCUT2D eigenvalue weighted by molar-refractivity contribution is 0.506. The first-order chi connectivity index (χ1) is 13.8. The van der Waals surface area contributed by atoms with E-state index in [0.717, 1.165) is 29.5 Å². The first-order valence-electron chi connectivity index (χ1n) is 8.85. The SMILES string of the molecule is CN=CC1=CC(Nc2nc(=O)c(F)cn2Cc2ccc(F)c(F)c2)=C(C)CC1N. The van der Waals surface area contributed by atoms with E-state index in [-0.39, 0.29) is 18.5 Å². The molecule has 1 unspecified atom stereocenters. The van der Waals surface area contributed by atoms with Gasteiger partial charge in [0, 0.05) is 31.2 Å². The Morgan fingerprint density at radius 2 is 2.07 bits per heavy atom. The molecule has 0 bridgehead atoms. The molecule has 152 valence electrons. The highest BCUT2D eigenvalue weighted by molar-refractivity contribution is 5.82. The Bertz CT molecular complexity index is 1090. The standard InChI is InChI=1S/C20H20F3N5O/c1-11-5-17(24)13(8-25-2)7-18(11)26-20-27-19(29)16(23)10-28(20)9-12-3-4-14(21)15(22)6-12/h3-4,6-8,10,17H,5,9,24H2,1-2H3,(H,26,27,29). The fraction of sp³-hybridized carbons (Fsp3) is 0.250. The van der Waals surface area contributed by atoms with Crippen LogP contribution in [0, 0.1) is 17.5 Å². The van der Waals surface area contributed by atoms with Crippen molar-refractivity contribution in [1.82, 2.24) is 9.55 Å². The number of nitrogens with one attached hydrogen (secondary N) is 1. The van der Waals surface area contributed by atoms with E-state index in [2.05, 4.69) is 15.3 Å². The van der Waals surface area contributed by atoms with Crippen LogP contribution in [-0.4, -0.2) is 28.9 Å². The molecule has 3 rings (SSSR count). The number of aromatic nitrogens is 2. The van der Waals surface area contributed by atoms with Crippen LogP contribution in [0.4, 0.5) is 19.1 Å². The van der Waals surface area contributed by atoms with Gasteiger partial charge in [0.1, 0.15) is 0 Å². The van der Waals surface area contributed by atoms with Crippen LogP contribution in [0.5, 0.6) is 0 Å². The third-order valence-electron chi connectivity index (χ3n) is 4.54. The maximum absolute atomic E-state index is 13.9. The van der Waals surface area contributed by atoms with Crippen molar-refractivity contribution in [3.63, 3.8) is 0 Å². The number of benzene rings is 1. The average Bonchev–Trinajstić information content (AvgIpc) is 2.66. The predicted molar refractivity (Wildman–Crippen MR) is 105 cm³/mol. The molecule has 1 aliphatic carbocycles. The van der Waals surface area contributed by atoms with E-state index in [1.54, 1.807) is 19.3 Å². The zero-order valence-electron chi connectivity index (χ0n) is 15.9. The van der Waals surface area contributed by atoms with Crippen LogP contribution >= 0.6 is 0 Å². The van der Waals surface area contributed by atoms with Gasteiger partial charge in [0.2, 0.25) is 11.8 Å². The average molecular weight is 403 g/mol. The van der Waals surface area contributed by atoms with E-state index >= 15 is 0 Å². The summed E-state index contributed by atoms with van der Waals surface area (Å²) >= 11 is 0. The van der Waals surface area contributed by atoms with Crippen molar-refractivity contribution < 1.29 is 13.2 Å². The molecular formula is C20H20F3N5O. The van der Waals surface area contributed by atoms with Gasteiger partial charge in [-0.3, -0.25) is 9.79 Å². The maximum Gasteiger partial charge on any atom is 0.310 e. The van der Waals surface area contributed by atoms with Crippen molar-refractivity contribution in [2.75, 3.05) is 12.4 Å². The summed E-state index contributed by atoms with van der Waals surface area (Å²) < 4.78 is 41.9. The van der Waals surface area contributed by atoms with Gasteiger partial charge in [0.25, 0.3) is 0 Å². The Hall–Kier alpha value is -3.20. The smallest absolute Gasteiger partial charge is 0.310 e. The molecule has 0 saturated heterocycles. The largest absolute Gasteiger partial charge is 0.326 e. The summed E-state index contributed by atoms with van der Waals surface area (Å²) in [5, 5.41) is 3.03. The normalized spacial score (nSPS) is 17.0. The van der Waals surface area contributed by atoms with Crippen molar-refractivity contribution in [2.45, 2.75) is 25.9 Å². The second kappa shape index (κ2) is 8.44. The minimum absolute atomic E-state index is 0.0252. The Balaban J connectivity index is 1.99. The number of hydrogen-bond donors (Lipinski definition) is 2. The number of allylic oxidation sites excluding steroid dienone is 1. The lowest BCUT2D eigenvalue weighted by Gasteiger charge is -2.23. The number of nitrogens with two attached hydrogens (primary N) is 1. The number of aliphatic imine (C=N–C) groups is 1. The summed E-state index contributed by atoms with van der Waals surface area (Å²) in [4.78, 5) is 19.5. The number of hydrogen-bond acceptors (Lipinski definition) is 5. The monoisotopic (exact) mass is 403 g/mol. The summed E-state index contributed by atoms with van der Waals surface area (Å²) in [6, 6.07) is 3.15. The molecule has 0 saturated carbocycles. The van der Waals surface area contributed by atoms with Crippen molar-refractivity contribution in [1.29, 1.82) is 0 Å². The lowest BCUT2D eigenvalue weighted by atomic mass is 9.93. The quantitative estimate of drug-likeness (QED) is 0.752. The van der Waals surface area contributed by atoms with Crippen LogP contribution in [0.3, 0.4) is 0 Å². The second-order valence-corrected chi connectivity index (χ2v) is 6.76. The van der Waals surface area contributed by atoms with E-state index in [1.165, 1.54) is 10.6 Å². The zero-order chi connectivity index (χ0) is 21.1. The molecular weight excluding hydrogens is 383 g/mol. The Morgan fingerprint density at radius 1 is 1.31 bits per heavy atom. The maximum atomic E-state index is 13.9. The summed E-state index contributed by atoms with van der Waals surface area (Å²) in [7, 11) is 1.63. The molecule has 6 nitrogen and oxygen atoms in total. The van der Waals surface area contributed by atoms with Gasteiger partial charge in [-0.05, 0) is 48.3 Å². The highest BCUT2D eigenvalue weighted by atomic mass is 19.2. The molecule has 29 heavy (non-hydrogen) atoms. The van der Waals surface area contributed by atoms with Crippen LogP contribution < -0.4 is 16.6 Å². The lowest BCUT2D eigenvalue weighted by Crippen LogP contribution is -2.28. The molecule has 0 amide bonds. The molecule has 9 heteroatoms. The summed E-state index contributed by atoms with van der Waals surface area (Å²) in [5.41, 5.74) is 7.82. The van der Waals surface area contributed by atoms with E-state index < -0.39 is 23.0 Å². The predicted octanol–water partition coefficient (Wildman–Crippen LogP) is 2.75. The van der Waals surface area contributed by atoms with Gasteiger partial charge in [-0.15, -0.1) is 0 Å². The minimum Gasteiger partial charge on any atom is -0.326 e. The summed E-state index contributed by atoms with van der Waals surface area (Å²) in [6.07, 6.45) is 4.97. The second-order valence-electron chi connectivity index (χ2n) is 6.76. The van der Waals surface area contributed by atoms with Gasteiger partial charge in [-0.1, -0.05) is 6.07 Å². The molecule has 2 aromatic rings. The number of anilines is 1. The van der Waals surface area contributed by atoms with E-state index in [9.17, 15) is 18.0 Å². The van der Waals surface area contributed by atoms with Crippen LogP contribution in [0.25, 0.3) is 0 Å². The van der Waals surface area contributed by atoms with Crippen molar-refractivity contribution in [3.8, 4) is 0 Å². The Kier molecular flexibility index (Phi) is 5.97. The van der Waals surface area contributed by atoms with Crippen molar-refractivity contribution in [2.24, 2.45) is 10.7 Å². The first kappa shape index (κ1) is 20.5. The third kappa shape index (κ3) is 4.62. The van der Waals surface area contributed by atoms with Gasteiger partial charge in [-0.2, -0.15) is 9.37 Å². The van der Waals surface area contributed by atoms with E-state index in [1.807, 2.05) is 6.92 Å². The highest BCUT2D eigenvalue weighted by Gasteiger charge is 2.19. The van der Waals surface area contributed by atoms with Gasteiger partial charge in [0.05, 0.1) is 6.54 Å². The molecule has 1 aliphatic rings. The highest BCUT2D eigenvalue weighted by Crippen LogP contribution is 2.23. The summed E-state index contributed by atoms with van der Waals surface area (Å²) in [6.45, 7) is 1.85. The van der Waals surface area contributed by atoms with Crippen molar-refractivity contribution >= 4 is 12.2 Å². The summed E-state index contributed by atoms with van der Waals surface area (Å²) in [5.74, 6) is -2.98. The van der Waals surface area contributed by atoms with Gasteiger partial charge >= 0.3 is 5.56 Å². The Morgan fingerprint density at radius 3 is 2.76 bits per heavy atom. The van der Waals surface area contributed by atoms with Crippen LogP contribution in [0.2, 0.25) is 0 Å². The molecule has 3 N–H and O–H groups in total.